The van der Waals surface area contributed by atoms with Gasteiger partial charge in [-0.2, -0.15) is 5.26 Å². The highest BCUT2D eigenvalue weighted by molar-refractivity contribution is 5.81. The largest absolute Gasteiger partial charge is 0.482 e. The molecule has 0 saturated carbocycles. The number of carbonyl (C=O) groups is 3. The molecular formula is C17H20N2O5. The molecule has 7 heteroatoms. The highest BCUT2D eigenvalue weighted by atomic mass is 16.6. The van der Waals surface area contributed by atoms with E-state index >= 15 is 0 Å². The Morgan fingerprint density at radius 2 is 1.92 bits per heavy atom. The molecule has 1 rings (SSSR count). The number of amides is 1. The lowest BCUT2D eigenvalue weighted by Gasteiger charge is -2.27. The van der Waals surface area contributed by atoms with Crippen LogP contribution in [-0.2, 0) is 14.3 Å². The predicted octanol–water partition coefficient (Wildman–Crippen LogP) is 1.48. The van der Waals surface area contributed by atoms with Gasteiger partial charge in [-0.15, -0.1) is 0 Å². The van der Waals surface area contributed by atoms with E-state index in [0.29, 0.717) is 17.6 Å². The van der Waals surface area contributed by atoms with Crippen LogP contribution in [0.5, 0.6) is 5.75 Å². The Morgan fingerprint density at radius 3 is 2.42 bits per heavy atom. The molecule has 0 saturated heterocycles. The molecule has 0 bridgehead atoms. The fourth-order valence-electron chi connectivity index (χ4n) is 1.60. The molecule has 1 aromatic rings. The van der Waals surface area contributed by atoms with Crippen LogP contribution in [0.15, 0.2) is 24.3 Å². The average molecular weight is 332 g/mol. The third-order valence-electron chi connectivity index (χ3n) is 3.52. The zero-order chi connectivity index (χ0) is 18.2. The first-order valence-electron chi connectivity index (χ1n) is 7.36. The molecule has 0 aromatic heterocycles. The Kier molecular flexibility index (Phi) is 6.93. The third kappa shape index (κ3) is 5.72. The van der Waals surface area contributed by atoms with Gasteiger partial charge in [0.25, 0.3) is 5.91 Å². The Hall–Kier alpha value is -2.88. The number of benzene rings is 1. The van der Waals surface area contributed by atoms with Gasteiger partial charge in [-0.1, -0.05) is 13.8 Å². The quantitative estimate of drug-likeness (QED) is 0.571. The van der Waals surface area contributed by atoms with E-state index in [4.69, 9.17) is 14.7 Å². The minimum atomic E-state index is -1.03. The number of carbonyl (C=O) groups excluding carboxylic acids is 3. The molecular weight excluding hydrogens is 312 g/mol. The van der Waals surface area contributed by atoms with Crippen LogP contribution in [0, 0.1) is 17.2 Å². The maximum absolute atomic E-state index is 11.8. The highest BCUT2D eigenvalue weighted by Crippen LogP contribution is 2.15. The summed E-state index contributed by atoms with van der Waals surface area (Å²) in [5.74, 6) is -0.969. The summed E-state index contributed by atoms with van der Waals surface area (Å²) in [6, 6.07) is 8.23. The lowest BCUT2D eigenvalue weighted by atomic mass is 9.90. The second kappa shape index (κ2) is 8.67. The molecule has 1 atom stereocenters. The van der Waals surface area contributed by atoms with Gasteiger partial charge < -0.3 is 14.8 Å². The summed E-state index contributed by atoms with van der Waals surface area (Å²) >= 11 is 0. The fraction of sp³-hybridized carbons (Fsp3) is 0.412. The number of hydrogen-bond acceptors (Lipinski definition) is 6. The smallest absolute Gasteiger partial charge is 0.344 e. The van der Waals surface area contributed by atoms with Crippen LogP contribution in [0.1, 0.15) is 31.1 Å². The van der Waals surface area contributed by atoms with E-state index in [9.17, 15) is 14.4 Å². The Bertz CT molecular complexity index is 633. The molecule has 128 valence electrons. The van der Waals surface area contributed by atoms with Crippen molar-refractivity contribution in [1.82, 2.24) is 5.32 Å². The van der Waals surface area contributed by atoms with Gasteiger partial charge in [-0.25, -0.2) is 4.79 Å². The summed E-state index contributed by atoms with van der Waals surface area (Å²) in [6.45, 7) is 4.35. The number of nitriles is 1. The van der Waals surface area contributed by atoms with E-state index in [0.717, 1.165) is 0 Å². The maximum Gasteiger partial charge on any atom is 0.344 e. The molecule has 0 unspecified atom stereocenters. The van der Waals surface area contributed by atoms with Gasteiger partial charge in [0, 0.05) is 5.56 Å². The number of aldehydes is 1. The first-order chi connectivity index (χ1) is 11.3. The van der Waals surface area contributed by atoms with E-state index in [-0.39, 0.29) is 12.5 Å². The molecule has 1 N–H and O–H groups in total. The van der Waals surface area contributed by atoms with Gasteiger partial charge in [0.05, 0.1) is 6.07 Å². The minimum absolute atomic E-state index is 0.0974. The summed E-state index contributed by atoms with van der Waals surface area (Å²) in [4.78, 5) is 33.8. The van der Waals surface area contributed by atoms with Crippen molar-refractivity contribution in [2.45, 2.75) is 26.3 Å². The fourth-order valence-corrected chi connectivity index (χ4v) is 1.60. The number of nitrogens with zero attached hydrogens (tertiary/aromatic N) is 1. The van der Waals surface area contributed by atoms with Gasteiger partial charge in [0.1, 0.15) is 17.6 Å². The van der Waals surface area contributed by atoms with Crippen LogP contribution in [0.3, 0.4) is 0 Å². The minimum Gasteiger partial charge on any atom is -0.482 e. The Balaban J connectivity index is 2.39. The molecule has 1 aromatic carbocycles. The summed E-state index contributed by atoms with van der Waals surface area (Å²) in [6.07, 6.45) is 0.697. The lowest BCUT2D eigenvalue weighted by molar-refractivity contribution is -0.150. The summed E-state index contributed by atoms with van der Waals surface area (Å²) in [5.41, 5.74) is -0.535. The van der Waals surface area contributed by atoms with E-state index in [1.165, 1.54) is 0 Å². The van der Waals surface area contributed by atoms with Gasteiger partial charge in [-0.05, 0) is 37.1 Å². The molecule has 0 aliphatic heterocycles. The van der Waals surface area contributed by atoms with Crippen LogP contribution in [0.4, 0.5) is 0 Å². The Labute approximate surface area is 140 Å². The first kappa shape index (κ1) is 19.2. The normalized spacial score (nSPS) is 12.6. The van der Waals surface area contributed by atoms with Crippen molar-refractivity contribution < 1.29 is 23.9 Å². The van der Waals surface area contributed by atoms with Crippen molar-refractivity contribution in [1.29, 1.82) is 5.26 Å². The average Bonchev–Trinajstić information content (AvgIpc) is 2.58. The van der Waals surface area contributed by atoms with E-state index in [1.807, 2.05) is 6.07 Å². The zero-order valence-electron chi connectivity index (χ0n) is 13.9. The molecule has 0 spiro atoms. The van der Waals surface area contributed by atoms with Gasteiger partial charge in [0.2, 0.25) is 0 Å². The van der Waals surface area contributed by atoms with E-state index in [2.05, 4.69) is 5.32 Å². The zero-order valence-corrected chi connectivity index (χ0v) is 13.9. The molecule has 0 aliphatic rings. The molecule has 0 radical (unpaired) electrons. The molecule has 1 amide bonds. The van der Waals surface area contributed by atoms with Gasteiger partial charge in [0.15, 0.2) is 13.2 Å². The Morgan fingerprint density at radius 1 is 1.29 bits per heavy atom. The van der Waals surface area contributed by atoms with Crippen molar-refractivity contribution in [3.63, 3.8) is 0 Å². The topological polar surface area (TPSA) is 105 Å². The number of hydrogen-bond donors (Lipinski definition) is 1. The monoisotopic (exact) mass is 332 g/mol. The molecule has 0 heterocycles. The number of rotatable bonds is 8. The number of nitrogens with one attached hydrogen (secondary N) is 1. The molecule has 24 heavy (non-hydrogen) atoms. The van der Waals surface area contributed by atoms with Crippen LogP contribution in [0.25, 0.3) is 0 Å². The van der Waals surface area contributed by atoms with Crippen molar-refractivity contribution in [3.8, 4) is 11.8 Å². The summed E-state index contributed by atoms with van der Waals surface area (Å²) in [7, 11) is 0. The molecule has 7 nitrogen and oxygen atoms in total. The van der Waals surface area contributed by atoms with Gasteiger partial charge in [-0.3, -0.25) is 9.59 Å². The summed E-state index contributed by atoms with van der Waals surface area (Å²) in [5, 5.41) is 11.6. The SMILES string of the molecule is CC(C)[C@](C)(C#N)NC(=O)COC(=O)COc1ccc(C=O)cc1. The van der Waals surface area contributed by atoms with Crippen molar-refractivity contribution >= 4 is 18.2 Å². The molecule has 0 aliphatic carbocycles. The van der Waals surface area contributed by atoms with E-state index in [1.54, 1.807) is 45.0 Å². The second-order valence-electron chi connectivity index (χ2n) is 5.65. The van der Waals surface area contributed by atoms with Crippen molar-refractivity contribution in [2.75, 3.05) is 13.2 Å². The molecule has 0 fully saturated rings. The third-order valence-corrected chi connectivity index (χ3v) is 3.52. The van der Waals surface area contributed by atoms with Crippen LogP contribution >= 0.6 is 0 Å². The maximum atomic E-state index is 11.8. The second-order valence-corrected chi connectivity index (χ2v) is 5.65. The van der Waals surface area contributed by atoms with Crippen molar-refractivity contribution in [3.05, 3.63) is 29.8 Å². The lowest BCUT2D eigenvalue weighted by Crippen LogP contribution is -2.50. The van der Waals surface area contributed by atoms with Gasteiger partial charge >= 0.3 is 5.97 Å². The van der Waals surface area contributed by atoms with Crippen LogP contribution in [-0.4, -0.2) is 36.9 Å². The van der Waals surface area contributed by atoms with Crippen LogP contribution < -0.4 is 10.1 Å². The summed E-state index contributed by atoms with van der Waals surface area (Å²) < 4.78 is 9.98. The highest BCUT2D eigenvalue weighted by Gasteiger charge is 2.30. The number of esters is 1. The predicted molar refractivity (Wildman–Crippen MR) is 85.3 cm³/mol. The van der Waals surface area contributed by atoms with Crippen molar-refractivity contribution in [2.24, 2.45) is 5.92 Å². The van der Waals surface area contributed by atoms with E-state index < -0.39 is 24.0 Å². The van der Waals surface area contributed by atoms with Crippen LogP contribution in [0.2, 0.25) is 0 Å². The first-order valence-corrected chi connectivity index (χ1v) is 7.36. The standard InChI is InChI=1S/C17H20N2O5/c1-12(2)17(3,11-18)19-15(21)9-24-16(22)10-23-14-6-4-13(8-20)5-7-14/h4-8,12H,9-10H2,1-3H3,(H,19,21)/t17-/m0/s1. The number of ether oxygens (including phenoxy) is 2.